The number of anilines is 2. The Morgan fingerprint density at radius 1 is 1.43 bits per heavy atom. The third kappa shape index (κ3) is 3.53. The highest BCUT2D eigenvalue weighted by Gasteiger charge is 2.05. The van der Waals surface area contributed by atoms with Crippen molar-refractivity contribution in [1.29, 1.82) is 0 Å². The molecule has 0 saturated heterocycles. The van der Waals surface area contributed by atoms with E-state index in [1.54, 1.807) is 30.1 Å². The number of hydrogen-bond acceptors (Lipinski definition) is 5. The van der Waals surface area contributed by atoms with Gasteiger partial charge in [0.2, 0.25) is 0 Å². The summed E-state index contributed by atoms with van der Waals surface area (Å²) in [6.07, 6.45) is 4.22. The number of nitrogens with one attached hydrogen (secondary N) is 1. The summed E-state index contributed by atoms with van der Waals surface area (Å²) in [5.74, 6) is 0.988. The van der Waals surface area contributed by atoms with E-state index in [4.69, 9.17) is 10.5 Å². The highest BCUT2D eigenvalue weighted by atomic mass is 16.5. The fraction of sp³-hybridized carbons (Fsp3) is 0.333. The van der Waals surface area contributed by atoms with Gasteiger partial charge < -0.3 is 20.4 Å². The van der Waals surface area contributed by atoms with Crippen molar-refractivity contribution in [1.82, 2.24) is 9.55 Å². The molecule has 0 fully saturated rings. The first kappa shape index (κ1) is 14.9. The summed E-state index contributed by atoms with van der Waals surface area (Å²) >= 11 is 0. The summed E-state index contributed by atoms with van der Waals surface area (Å²) in [5.41, 5.74) is 7.28. The Balaban J connectivity index is 2.11. The number of nitrogens with zero attached hydrogens (tertiary/aromatic N) is 2. The van der Waals surface area contributed by atoms with E-state index in [-0.39, 0.29) is 5.56 Å². The SMILES string of the molecule is CCCn1ccnc(NCc2ccc(OC)c(N)c2)c1=O. The van der Waals surface area contributed by atoms with E-state index in [0.717, 1.165) is 12.0 Å². The zero-order valence-electron chi connectivity index (χ0n) is 12.3. The number of hydrogen-bond donors (Lipinski definition) is 2. The molecule has 1 aromatic carbocycles. The Bertz CT molecular complexity index is 667. The maximum absolute atomic E-state index is 12.1. The average molecular weight is 288 g/mol. The molecule has 0 unspecified atom stereocenters. The summed E-state index contributed by atoms with van der Waals surface area (Å²) in [6.45, 7) is 3.19. The molecule has 3 N–H and O–H groups in total. The molecule has 21 heavy (non-hydrogen) atoms. The first-order valence-corrected chi connectivity index (χ1v) is 6.87. The molecule has 0 atom stereocenters. The molecule has 0 spiro atoms. The van der Waals surface area contributed by atoms with Crippen molar-refractivity contribution in [2.75, 3.05) is 18.2 Å². The molecule has 6 nitrogen and oxygen atoms in total. The first-order valence-electron chi connectivity index (χ1n) is 6.87. The number of methoxy groups -OCH3 is 1. The molecule has 112 valence electrons. The van der Waals surface area contributed by atoms with Crippen molar-refractivity contribution < 1.29 is 4.74 Å². The maximum Gasteiger partial charge on any atom is 0.293 e. The van der Waals surface area contributed by atoms with Crippen LogP contribution in [0.25, 0.3) is 0 Å². The molecule has 2 aromatic rings. The van der Waals surface area contributed by atoms with Crippen molar-refractivity contribution in [3.63, 3.8) is 0 Å². The summed E-state index contributed by atoms with van der Waals surface area (Å²) in [5, 5.41) is 3.05. The normalized spacial score (nSPS) is 10.4. The van der Waals surface area contributed by atoms with Gasteiger partial charge in [-0.2, -0.15) is 0 Å². The van der Waals surface area contributed by atoms with Crippen molar-refractivity contribution in [3.8, 4) is 5.75 Å². The molecule has 6 heteroatoms. The minimum atomic E-state index is -0.110. The van der Waals surface area contributed by atoms with Crippen LogP contribution >= 0.6 is 0 Å². The fourth-order valence-electron chi connectivity index (χ4n) is 2.07. The second kappa shape index (κ2) is 6.78. The van der Waals surface area contributed by atoms with Gasteiger partial charge in [-0.25, -0.2) is 4.98 Å². The highest BCUT2D eigenvalue weighted by molar-refractivity contribution is 5.54. The first-order chi connectivity index (χ1) is 10.2. The summed E-state index contributed by atoms with van der Waals surface area (Å²) in [7, 11) is 1.58. The Kier molecular flexibility index (Phi) is 4.81. The monoisotopic (exact) mass is 288 g/mol. The molecule has 0 aliphatic carbocycles. The smallest absolute Gasteiger partial charge is 0.293 e. The molecule has 1 aromatic heterocycles. The van der Waals surface area contributed by atoms with Crippen LogP contribution in [-0.4, -0.2) is 16.7 Å². The number of ether oxygens (including phenoxy) is 1. The molecule has 0 bridgehead atoms. The lowest BCUT2D eigenvalue weighted by atomic mass is 10.2. The second-order valence-corrected chi connectivity index (χ2v) is 4.70. The van der Waals surface area contributed by atoms with E-state index in [9.17, 15) is 4.79 Å². The van der Waals surface area contributed by atoms with Crippen molar-refractivity contribution >= 4 is 11.5 Å². The quantitative estimate of drug-likeness (QED) is 0.793. The minimum absolute atomic E-state index is 0.110. The van der Waals surface area contributed by atoms with Gasteiger partial charge in [-0.05, 0) is 24.1 Å². The van der Waals surface area contributed by atoms with Crippen LogP contribution in [-0.2, 0) is 13.1 Å². The Morgan fingerprint density at radius 3 is 2.90 bits per heavy atom. The third-order valence-corrected chi connectivity index (χ3v) is 3.13. The van der Waals surface area contributed by atoms with E-state index >= 15 is 0 Å². The predicted octanol–water partition coefficient (Wildman–Crippen LogP) is 1.86. The Hall–Kier alpha value is -2.50. The van der Waals surface area contributed by atoms with Crippen LogP contribution in [0.5, 0.6) is 5.75 Å². The maximum atomic E-state index is 12.1. The van der Waals surface area contributed by atoms with E-state index in [1.807, 2.05) is 19.1 Å². The zero-order valence-corrected chi connectivity index (χ0v) is 12.3. The third-order valence-electron chi connectivity index (χ3n) is 3.13. The van der Waals surface area contributed by atoms with Crippen LogP contribution in [0.4, 0.5) is 11.5 Å². The molecular weight excluding hydrogens is 268 g/mol. The fourth-order valence-corrected chi connectivity index (χ4v) is 2.07. The number of benzene rings is 1. The van der Waals surface area contributed by atoms with Crippen LogP contribution in [0.15, 0.2) is 35.4 Å². The van der Waals surface area contributed by atoms with Crippen LogP contribution < -0.4 is 21.3 Å². The van der Waals surface area contributed by atoms with E-state index in [2.05, 4.69) is 10.3 Å². The number of rotatable bonds is 6. The Morgan fingerprint density at radius 2 is 2.24 bits per heavy atom. The molecule has 1 heterocycles. The largest absolute Gasteiger partial charge is 0.495 e. The van der Waals surface area contributed by atoms with Gasteiger partial charge in [-0.3, -0.25) is 4.79 Å². The summed E-state index contributed by atoms with van der Waals surface area (Å²) in [4.78, 5) is 16.2. The topological polar surface area (TPSA) is 82.2 Å². The van der Waals surface area contributed by atoms with Gasteiger partial charge in [-0.15, -0.1) is 0 Å². The molecule has 0 radical (unpaired) electrons. The molecule has 0 aliphatic rings. The standard InChI is InChI=1S/C15H20N4O2/c1-3-7-19-8-6-17-14(15(19)20)18-10-11-4-5-13(21-2)12(16)9-11/h4-6,8-9H,3,7,10,16H2,1-2H3,(H,17,18). The van der Waals surface area contributed by atoms with E-state index in [1.165, 1.54) is 0 Å². The van der Waals surface area contributed by atoms with Crippen molar-refractivity contribution in [3.05, 3.63) is 46.5 Å². The zero-order chi connectivity index (χ0) is 15.2. The second-order valence-electron chi connectivity index (χ2n) is 4.70. The van der Waals surface area contributed by atoms with E-state index in [0.29, 0.717) is 30.3 Å². The van der Waals surface area contributed by atoms with Gasteiger partial charge in [-0.1, -0.05) is 13.0 Å². The summed E-state index contributed by atoms with van der Waals surface area (Å²) in [6, 6.07) is 5.52. The van der Waals surface area contributed by atoms with Crippen LogP contribution in [0.2, 0.25) is 0 Å². The van der Waals surface area contributed by atoms with Crippen LogP contribution in [0.1, 0.15) is 18.9 Å². The molecule has 0 saturated carbocycles. The van der Waals surface area contributed by atoms with Gasteiger partial charge in [0.1, 0.15) is 5.75 Å². The molecule has 0 aliphatic heterocycles. The molecule has 0 amide bonds. The van der Waals surface area contributed by atoms with Gasteiger partial charge in [0.25, 0.3) is 5.56 Å². The lowest BCUT2D eigenvalue weighted by Gasteiger charge is -2.10. The highest BCUT2D eigenvalue weighted by Crippen LogP contribution is 2.22. The minimum Gasteiger partial charge on any atom is -0.495 e. The predicted molar refractivity (Wildman–Crippen MR) is 83.5 cm³/mol. The van der Waals surface area contributed by atoms with Crippen LogP contribution in [0, 0.1) is 0 Å². The van der Waals surface area contributed by atoms with Crippen molar-refractivity contribution in [2.45, 2.75) is 26.4 Å². The number of aromatic nitrogens is 2. The Labute approximate surface area is 123 Å². The van der Waals surface area contributed by atoms with Gasteiger partial charge >= 0.3 is 0 Å². The number of aryl methyl sites for hydroxylation is 1. The number of nitrogens with two attached hydrogens (primary N) is 1. The lowest BCUT2D eigenvalue weighted by Crippen LogP contribution is -2.24. The molecular formula is C15H20N4O2. The van der Waals surface area contributed by atoms with Gasteiger partial charge in [0, 0.05) is 25.5 Å². The molecule has 2 rings (SSSR count). The van der Waals surface area contributed by atoms with E-state index < -0.39 is 0 Å². The summed E-state index contributed by atoms with van der Waals surface area (Å²) < 4.78 is 6.76. The van der Waals surface area contributed by atoms with Gasteiger partial charge in [0.15, 0.2) is 5.82 Å². The van der Waals surface area contributed by atoms with Crippen LogP contribution in [0.3, 0.4) is 0 Å². The lowest BCUT2D eigenvalue weighted by molar-refractivity contribution is 0.417. The van der Waals surface area contributed by atoms with Crippen molar-refractivity contribution in [2.24, 2.45) is 0 Å². The average Bonchev–Trinajstić information content (AvgIpc) is 2.48. The van der Waals surface area contributed by atoms with Gasteiger partial charge in [0.05, 0.1) is 12.8 Å². The number of nitrogen functional groups attached to an aromatic ring is 1.